The maximum Gasteiger partial charge on any atom is 0.227 e. The Balaban J connectivity index is 1.92. The Hall–Kier alpha value is -2.08. The van der Waals surface area contributed by atoms with Crippen molar-refractivity contribution in [2.75, 3.05) is 25.0 Å². The maximum atomic E-state index is 12.4. The Morgan fingerprint density at radius 3 is 2.69 bits per heavy atom. The number of guanidine groups is 1. The van der Waals surface area contributed by atoms with E-state index in [2.05, 4.69) is 22.9 Å². The Kier molecular flexibility index (Phi) is 10.6. The van der Waals surface area contributed by atoms with Gasteiger partial charge in [-0.05, 0) is 56.2 Å². The molecule has 1 saturated carbocycles. The molecule has 1 aliphatic rings. The van der Waals surface area contributed by atoms with E-state index in [1.54, 1.807) is 0 Å². The number of aliphatic hydroxyl groups excluding tert-OH is 1. The van der Waals surface area contributed by atoms with Crippen LogP contribution < -0.4 is 16.0 Å². The van der Waals surface area contributed by atoms with Gasteiger partial charge in [-0.1, -0.05) is 38.3 Å². The zero-order valence-corrected chi connectivity index (χ0v) is 18.0. The van der Waals surface area contributed by atoms with Crippen LogP contribution in [0.1, 0.15) is 64.4 Å². The zero-order valence-electron chi connectivity index (χ0n) is 18.0. The molecule has 0 bridgehead atoms. The molecule has 1 aromatic rings. The normalized spacial score (nSPS) is 15.9. The van der Waals surface area contributed by atoms with Gasteiger partial charge in [-0.2, -0.15) is 0 Å². The smallest absolute Gasteiger partial charge is 0.227 e. The summed E-state index contributed by atoms with van der Waals surface area (Å²) in [5.41, 5.74) is 1.91. The van der Waals surface area contributed by atoms with Crippen molar-refractivity contribution in [3.63, 3.8) is 0 Å². The number of aliphatic hydroxyl groups is 1. The molecule has 1 fully saturated rings. The lowest BCUT2D eigenvalue weighted by Gasteiger charge is -2.18. The van der Waals surface area contributed by atoms with Gasteiger partial charge in [0.2, 0.25) is 5.91 Å². The summed E-state index contributed by atoms with van der Waals surface area (Å²) in [7, 11) is 0. The number of aliphatic imine (C=N–C) groups is 1. The SMILES string of the molecule is CCCC(CCO)CNC(=NCc1cccc(NC(=O)C2CCCC2)c1)NCC. The molecule has 0 heterocycles. The second-order valence-electron chi connectivity index (χ2n) is 7.91. The van der Waals surface area contributed by atoms with Gasteiger partial charge >= 0.3 is 0 Å². The fraction of sp³-hybridized carbons (Fsp3) is 0.652. The first-order chi connectivity index (χ1) is 14.2. The Morgan fingerprint density at radius 1 is 1.21 bits per heavy atom. The van der Waals surface area contributed by atoms with Crippen molar-refractivity contribution in [1.29, 1.82) is 0 Å². The minimum Gasteiger partial charge on any atom is -0.396 e. The van der Waals surface area contributed by atoms with Crippen molar-refractivity contribution < 1.29 is 9.90 Å². The van der Waals surface area contributed by atoms with E-state index in [1.807, 2.05) is 31.2 Å². The van der Waals surface area contributed by atoms with Crippen molar-refractivity contribution in [1.82, 2.24) is 10.6 Å². The lowest BCUT2D eigenvalue weighted by atomic mass is 10.0. The lowest BCUT2D eigenvalue weighted by molar-refractivity contribution is -0.119. The highest BCUT2D eigenvalue weighted by Gasteiger charge is 2.22. The van der Waals surface area contributed by atoms with Crippen LogP contribution in [0.3, 0.4) is 0 Å². The van der Waals surface area contributed by atoms with Gasteiger partial charge in [0.05, 0.1) is 6.54 Å². The van der Waals surface area contributed by atoms with Crippen LogP contribution in [0.5, 0.6) is 0 Å². The third-order valence-electron chi connectivity index (χ3n) is 5.48. The van der Waals surface area contributed by atoms with Crippen LogP contribution in [0, 0.1) is 11.8 Å². The average molecular weight is 403 g/mol. The van der Waals surface area contributed by atoms with Gasteiger partial charge in [0.15, 0.2) is 5.96 Å². The first-order valence-corrected chi connectivity index (χ1v) is 11.2. The molecule has 0 radical (unpaired) electrons. The quantitative estimate of drug-likeness (QED) is 0.336. The molecule has 0 aromatic heterocycles. The highest BCUT2D eigenvalue weighted by molar-refractivity contribution is 5.92. The largest absolute Gasteiger partial charge is 0.396 e. The molecule has 29 heavy (non-hydrogen) atoms. The van der Waals surface area contributed by atoms with Gasteiger partial charge in [0.25, 0.3) is 0 Å². The lowest BCUT2D eigenvalue weighted by Crippen LogP contribution is -2.40. The number of hydrogen-bond acceptors (Lipinski definition) is 3. The molecule has 1 aromatic carbocycles. The maximum absolute atomic E-state index is 12.4. The number of carbonyl (C=O) groups is 1. The first-order valence-electron chi connectivity index (χ1n) is 11.2. The van der Waals surface area contributed by atoms with E-state index in [0.29, 0.717) is 12.5 Å². The van der Waals surface area contributed by atoms with Gasteiger partial charge < -0.3 is 21.1 Å². The van der Waals surface area contributed by atoms with Gasteiger partial charge in [0, 0.05) is 31.3 Å². The topological polar surface area (TPSA) is 85.8 Å². The van der Waals surface area contributed by atoms with E-state index in [4.69, 9.17) is 4.99 Å². The van der Waals surface area contributed by atoms with Crippen LogP contribution in [0.15, 0.2) is 29.3 Å². The van der Waals surface area contributed by atoms with E-state index >= 15 is 0 Å². The van der Waals surface area contributed by atoms with E-state index in [-0.39, 0.29) is 18.4 Å². The molecule has 1 unspecified atom stereocenters. The van der Waals surface area contributed by atoms with E-state index < -0.39 is 0 Å². The third kappa shape index (κ3) is 8.44. The summed E-state index contributed by atoms with van der Waals surface area (Å²) in [6, 6.07) is 7.94. The first kappa shape index (κ1) is 23.2. The number of nitrogens with zero attached hydrogens (tertiary/aromatic N) is 1. The molecule has 6 heteroatoms. The molecule has 4 N–H and O–H groups in total. The highest BCUT2D eigenvalue weighted by Crippen LogP contribution is 2.26. The average Bonchev–Trinajstić information content (AvgIpc) is 3.26. The van der Waals surface area contributed by atoms with Crippen LogP contribution in [-0.4, -0.2) is 36.7 Å². The molecule has 0 aliphatic heterocycles. The molecule has 1 aliphatic carbocycles. The van der Waals surface area contributed by atoms with E-state index in [0.717, 1.165) is 75.2 Å². The summed E-state index contributed by atoms with van der Waals surface area (Å²) < 4.78 is 0. The standard InChI is InChI=1S/C23H38N4O2/c1-3-8-18(13-14-28)16-25-23(24-4-2)26-17-19-9-7-12-21(15-19)27-22(29)20-10-5-6-11-20/h7,9,12,15,18,20,28H,3-6,8,10-11,13-14,16-17H2,1-2H3,(H,27,29)(H2,24,25,26). The number of anilines is 1. The number of hydrogen-bond donors (Lipinski definition) is 4. The summed E-state index contributed by atoms with van der Waals surface area (Å²) in [5.74, 6) is 1.54. The molecule has 0 spiro atoms. The van der Waals surface area contributed by atoms with Gasteiger partial charge in [-0.3, -0.25) is 4.79 Å². The molecule has 162 valence electrons. The zero-order chi connectivity index (χ0) is 20.9. The molecular weight excluding hydrogens is 364 g/mol. The number of amides is 1. The molecule has 1 amide bonds. The number of carbonyl (C=O) groups excluding carboxylic acids is 1. The molecule has 1 atom stereocenters. The minimum absolute atomic E-state index is 0.143. The summed E-state index contributed by atoms with van der Waals surface area (Å²) in [4.78, 5) is 17.0. The molecule has 0 saturated heterocycles. The summed E-state index contributed by atoms with van der Waals surface area (Å²) >= 11 is 0. The predicted octanol–water partition coefficient (Wildman–Crippen LogP) is 3.67. The van der Waals surface area contributed by atoms with Crippen molar-refractivity contribution in [2.24, 2.45) is 16.8 Å². The van der Waals surface area contributed by atoms with Crippen LogP contribution in [-0.2, 0) is 11.3 Å². The Bertz CT molecular complexity index is 636. The number of nitrogens with one attached hydrogen (secondary N) is 3. The van der Waals surface area contributed by atoms with Crippen LogP contribution in [0.25, 0.3) is 0 Å². The molecule has 2 rings (SSSR count). The van der Waals surface area contributed by atoms with Gasteiger partial charge in [-0.15, -0.1) is 0 Å². The Labute approximate surface area is 175 Å². The van der Waals surface area contributed by atoms with Gasteiger partial charge in [-0.25, -0.2) is 4.99 Å². The third-order valence-corrected chi connectivity index (χ3v) is 5.48. The molecule has 6 nitrogen and oxygen atoms in total. The van der Waals surface area contributed by atoms with Crippen molar-refractivity contribution in [3.8, 4) is 0 Å². The number of rotatable bonds is 11. The van der Waals surface area contributed by atoms with Crippen LogP contribution in [0.4, 0.5) is 5.69 Å². The van der Waals surface area contributed by atoms with Crippen molar-refractivity contribution >= 4 is 17.6 Å². The van der Waals surface area contributed by atoms with Gasteiger partial charge in [0.1, 0.15) is 0 Å². The second kappa shape index (κ2) is 13.2. The fourth-order valence-corrected chi connectivity index (χ4v) is 3.87. The van der Waals surface area contributed by atoms with Crippen LogP contribution >= 0.6 is 0 Å². The monoisotopic (exact) mass is 402 g/mol. The summed E-state index contributed by atoms with van der Waals surface area (Å²) in [6.07, 6.45) is 7.33. The molecular formula is C23H38N4O2. The van der Waals surface area contributed by atoms with Crippen molar-refractivity contribution in [2.45, 2.75) is 65.3 Å². The summed E-state index contributed by atoms with van der Waals surface area (Å²) in [6.45, 7) is 6.58. The van der Waals surface area contributed by atoms with Crippen molar-refractivity contribution in [3.05, 3.63) is 29.8 Å². The highest BCUT2D eigenvalue weighted by atomic mass is 16.3. The van der Waals surface area contributed by atoms with Crippen LogP contribution in [0.2, 0.25) is 0 Å². The predicted molar refractivity (Wildman–Crippen MR) is 120 cm³/mol. The second-order valence-corrected chi connectivity index (χ2v) is 7.91. The van der Waals surface area contributed by atoms with E-state index in [9.17, 15) is 9.90 Å². The fourth-order valence-electron chi connectivity index (χ4n) is 3.87. The number of benzene rings is 1. The van der Waals surface area contributed by atoms with E-state index in [1.165, 1.54) is 0 Å². The summed E-state index contributed by atoms with van der Waals surface area (Å²) in [5, 5.41) is 19.0. The Morgan fingerprint density at radius 2 is 2.00 bits per heavy atom. The minimum atomic E-state index is 0.143.